The standard InChI is InChI=1S/C14H12BrNO/c1-16-8-6-11(7-9-16)2-3-12-4-5-14(17)13(15)10-12/h2-10H,1H3/b12-3-. The molecule has 0 N–H and O–H groups in total. The number of carbonyl (C=O) groups is 1. The van der Waals surface area contributed by atoms with E-state index < -0.39 is 0 Å². The second kappa shape index (κ2) is 5.15. The van der Waals surface area contributed by atoms with Crippen LogP contribution in [0.2, 0.25) is 0 Å². The third-order valence-corrected chi connectivity index (χ3v) is 3.05. The molecule has 0 amide bonds. The summed E-state index contributed by atoms with van der Waals surface area (Å²) < 4.78 is 0.596. The summed E-state index contributed by atoms with van der Waals surface area (Å²) in [5.41, 5.74) is 2.13. The molecular weight excluding hydrogens is 278 g/mol. The van der Waals surface area contributed by atoms with Crippen molar-refractivity contribution in [3.63, 3.8) is 0 Å². The van der Waals surface area contributed by atoms with Crippen molar-refractivity contribution >= 4 is 21.7 Å². The topological polar surface area (TPSA) is 20.3 Å². The molecule has 0 radical (unpaired) electrons. The van der Waals surface area contributed by atoms with E-state index in [2.05, 4.69) is 15.9 Å². The van der Waals surface area contributed by atoms with Crippen LogP contribution in [0, 0.1) is 0 Å². The average Bonchev–Trinajstić information content (AvgIpc) is 2.33. The van der Waals surface area contributed by atoms with Crippen LogP contribution in [0.1, 0.15) is 0 Å². The van der Waals surface area contributed by atoms with E-state index in [1.165, 1.54) is 0 Å². The summed E-state index contributed by atoms with van der Waals surface area (Å²) in [6.45, 7) is 0. The Morgan fingerprint density at radius 1 is 1.06 bits per heavy atom. The number of rotatable bonds is 1. The van der Waals surface area contributed by atoms with E-state index in [-0.39, 0.29) is 5.78 Å². The largest absolute Gasteiger partial charge is 0.357 e. The van der Waals surface area contributed by atoms with Crippen LogP contribution in [0.5, 0.6) is 0 Å². The molecule has 0 aromatic rings. The summed E-state index contributed by atoms with van der Waals surface area (Å²) in [5, 5.41) is 0. The van der Waals surface area contributed by atoms with Gasteiger partial charge in [0.2, 0.25) is 0 Å². The predicted octanol–water partition coefficient (Wildman–Crippen LogP) is 3.23. The highest BCUT2D eigenvalue weighted by Crippen LogP contribution is 2.18. The van der Waals surface area contributed by atoms with Crippen LogP contribution < -0.4 is 0 Å². The number of hydrogen-bond donors (Lipinski definition) is 0. The van der Waals surface area contributed by atoms with Gasteiger partial charge in [-0.25, -0.2) is 0 Å². The van der Waals surface area contributed by atoms with E-state index in [1.54, 1.807) is 6.08 Å². The summed E-state index contributed by atoms with van der Waals surface area (Å²) in [6, 6.07) is 0. The van der Waals surface area contributed by atoms with E-state index in [1.807, 2.05) is 60.8 Å². The van der Waals surface area contributed by atoms with Crippen molar-refractivity contribution in [3.8, 4) is 0 Å². The van der Waals surface area contributed by atoms with Gasteiger partial charge in [-0.3, -0.25) is 4.79 Å². The van der Waals surface area contributed by atoms with Crippen LogP contribution in [-0.2, 0) is 4.79 Å². The Bertz CT molecular complexity index is 502. The first kappa shape index (κ1) is 11.9. The third kappa shape index (κ3) is 3.17. The van der Waals surface area contributed by atoms with Gasteiger partial charge in [-0.2, -0.15) is 0 Å². The Balaban J connectivity index is 2.15. The van der Waals surface area contributed by atoms with Gasteiger partial charge in [0.1, 0.15) is 0 Å². The second-order valence-corrected chi connectivity index (χ2v) is 4.67. The minimum absolute atomic E-state index is 0.00823. The molecule has 0 unspecified atom stereocenters. The van der Waals surface area contributed by atoms with E-state index >= 15 is 0 Å². The number of halogens is 1. The minimum atomic E-state index is 0.00823. The van der Waals surface area contributed by atoms with Gasteiger partial charge in [0, 0.05) is 19.4 Å². The van der Waals surface area contributed by atoms with Gasteiger partial charge < -0.3 is 4.90 Å². The molecule has 86 valence electrons. The fraction of sp³-hybridized carbons (Fsp3) is 0.0714. The smallest absolute Gasteiger partial charge is 0.192 e. The van der Waals surface area contributed by atoms with E-state index in [0.717, 1.165) is 11.1 Å². The summed E-state index contributed by atoms with van der Waals surface area (Å²) in [5.74, 6) is 0.00823. The molecule has 2 rings (SSSR count). The number of allylic oxidation sites excluding steroid dienone is 10. The van der Waals surface area contributed by atoms with Crippen molar-refractivity contribution in [2.24, 2.45) is 0 Å². The molecule has 0 bridgehead atoms. The Hall–Kier alpha value is -1.61. The quantitative estimate of drug-likeness (QED) is 0.739. The Morgan fingerprint density at radius 3 is 2.35 bits per heavy atom. The van der Waals surface area contributed by atoms with E-state index in [9.17, 15) is 4.79 Å². The van der Waals surface area contributed by atoms with Gasteiger partial charge in [0.15, 0.2) is 5.78 Å². The maximum absolute atomic E-state index is 11.2. The molecule has 1 heterocycles. The lowest BCUT2D eigenvalue weighted by atomic mass is 10.1. The summed E-state index contributed by atoms with van der Waals surface area (Å²) in [6.07, 6.45) is 17.3. The molecular formula is C14H12BrNO. The van der Waals surface area contributed by atoms with Crippen LogP contribution in [0.25, 0.3) is 0 Å². The molecule has 0 aromatic heterocycles. The summed E-state index contributed by atoms with van der Waals surface area (Å²) >= 11 is 3.23. The number of ketones is 1. The molecule has 1 aliphatic heterocycles. The van der Waals surface area contributed by atoms with Gasteiger partial charge in [0.25, 0.3) is 0 Å². The lowest BCUT2D eigenvalue weighted by molar-refractivity contribution is -0.110. The molecule has 0 spiro atoms. The normalized spacial score (nSPS) is 21.2. The summed E-state index contributed by atoms with van der Waals surface area (Å²) in [7, 11) is 1.98. The summed E-state index contributed by atoms with van der Waals surface area (Å²) in [4.78, 5) is 13.2. The number of carbonyl (C=O) groups excluding carboxylic acids is 1. The van der Waals surface area contributed by atoms with Crippen molar-refractivity contribution in [2.75, 3.05) is 7.05 Å². The molecule has 0 aromatic carbocycles. The predicted molar refractivity (Wildman–Crippen MR) is 73.4 cm³/mol. The molecule has 0 saturated carbocycles. The lowest BCUT2D eigenvalue weighted by Gasteiger charge is -2.11. The maximum atomic E-state index is 11.2. The van der Waals surface area contributed by atoms with Crippen LogP contribution in [-0.4, -0.2) is 17.7 Å². The highest BCUT2D eigenvalue weighted by atomic mass is 79.9. The average molecular weight is 290 g/mol. The van der Waals surface area contributed by atoms with E-state index in [4.69, 9.17) is 0 Å². The Labute approximate surface area is 109 Å². The minimum Gasteiger partial charge on any atom is -0.357 e. The van der Waals surface area contributed by atoms with Gasteiger partial charge in [-0.15, -0.1) is 0 Å². The van der Waals surface area contributed by atoms with Gasteiger partial charge in [-0.1, -0.05) is 18.2 Å². The molecule has 2 aliphatic rings. The molecule has 0 atom stereocenters. The number of hydrogen-bond acceptors (Lipinski definition) is 2. The van der Waals surface area contributed by atoms with Crippen molar-refractivity contribution < 1.29 is 4.79 Å². The molecule has 1 aliphatic carbocycles. The second-order valence-electron chi connectivity index (χ2n) is 3.82. The molecule has 3 heteroatoms. The number of nitrogens with zero attached hydrogens (tertiary/aromatic N) is 1. The molecule has 0 saturated heterocycles. The molecule has 0 fully saturated rings. The van der Waals surface area contributed by atoms with Crippen molar-refractivity contribution in [2.45, 2.75) is 0 Å². The van der Waals surface area contributed by atoms with Crippen LogP contribution in [0.4, 0.5) is 0 Å². The van der Waals surface area contributed by atoms with Gasteiger partial charge in [-0.05, 0) is 51.4 Å². The van der Waals surface area contributed by atoms with Crippen molar-refractivity contribution in [1.29, 1.82) is 0 Å². The third-order valence-electron chi connectivity index (χ3n) is 2.43. The lowest BCUT2D eigenvalue weighted by Crippen LogP contribution is -2.02. The van der Waals surface area contributed by atoms with Crippen LogP contribution in [0.15, 0.2) is 70.6 Å². The zero-order chi connectivity index (χ0) is 12.3. The fourth-order valence-electron chi connectivity index (χ4n) is 1.44. The molecule has 2 nitrogen and oxygen atoms in total. The first-order chi connectivity index (χ1) is 8.15. The Morgan fingerprint density at radius 2 is 1.71 bits per heavy atom. The van der Waals surface area contributed by atoms with E-state index in [0.29, 0.717) is 4.48 Å². The van der Waals surface area contributed by atoms with Crippen LogP contribution in [0.3, 0.4) is 0 Å². The monoisotopic (exact) mass is 289 g/mol. The first-order valence-electron chi connectivity index (χ1n) is 5.25. The SMILES string of the molecule is CN1C=CC(=C/C=C2/C=CC(=O)C(Br)=C2)C=C1. The first-order valence-corrected chi connectivity index (χ1v) is 6.04. The zero-order valence-electron chi connectivity index (χ0n) is 9.43. The highest BCUT2D eigenvalue weighted by molar-refractivity contribution is 9.12. The van der Waals surface area contributed by atoms with Crippen LogP contribution >= 0.6 is 15.9 Å². The molecule has 17 heavy (non-hydrogen) atoms. The highest BCUT2D eigenvalue weighted by Gasteiger charge is 2.06. The maximum Gasteiger partial charge on any atom is 0.192 e. The van der Waals surface area contributed by atoms with Crippen molar-refractivity contribution in [3.05, 3.63) is 70.6 Å². The zero-order valence-corrected chi connectivity index (χ0v) is 11.0. The Kier molecular flexibility index (Phi) is 3.59. The van der Waals surface area contributed by atoms with Gasteiger partial charge in [0.05, 0.1) is 4.48 Å². The van der Waals surface area contributed by atoms with Crippen molar-refractivity contribution in [1.82, 2.24) is 4.90 Å². The van der Waals surface area contributed by atoms with Gasteiger partial charge >= 0.3 is 0 Å². The fourth-order valence-corrected chi connectivity index (χ4v) is 1.83.